The summed E-state index contributed by atoms with van der Waals surface area (Å²) in [7, 11) is 0. The number of anilines is 1. The predicted molar refractivity (Wildman–Crippen MR) is 59.4 cm³/mol. The van der Waals surface area contributed by atoms with Crippen LogP contribution in [-0.4, -0.2) is 29.1 Å². The van der Waals surface area contributed by atoms with Gasteiger partial charge < -0.3 is 10.0 Å². The highest BCUT2D eigenvalue weighted by Gasteiger charge is 2.30. The molecule has 1 aromatic heterocycles. The van der Waals surface area contributed by atoms with E-state index in [0.717, 1.165) is 12.3 Å². The van der Waals surface area contributed by atoms with Gasteiger partial charge in [-0.1, -0.05) is 0 Å². The van der Waals surface area contributed by atoms with Crippen molar-refractivity contribution < 1.29 is 23.1 Å². The van der Waals surface area contributed by atoms with Crippen molar-refractivity contribution in [2.45, 2.75) is 19.5 Å². The number of rotatable bonds is 5. The van der Waals surface area contributed by atoms with Crippen molar-refractivity contribution >= 4 is 11.8 Å². The maximum atomic E-state index is 12.3. The number of hydrogen-bond acceptors (Lipinski definition) is 3. The van der Waals surface area contributed by atoms with Gasteiger partial charge in [0, 0.05) is 19.3 Å². The van der Waals surface area contributed by atoms with Crippen LogP contribution in [-0.2, 0) is 11.0 Å². The Morgan fingerprint density at radius 2 is 2.11 bits per heavy atom. The molecule has 0 aliphatic carbocycles. The molecule has 18 heavy (non-hydrogen) atoms. The molecule has 4 nitrogen and oxygen atoms in total. The molecule has 0 atom stereocenters. The smallest absolute Gasteiger partial charge is 0.417 e. The number of pyridine rings is 1. The lowest BCUT2D eigenvalue weighted by Gasteiger charge is -2.21. The van der Waals surface area contributed by atoms with Crippen LogP contribution in [0.1, 0.15) is 18.9 Å². The molecule has 1 N–H and O–H groups in total. The molecule has 0 aromatic carbocycles. The van der Waals surface area contributed by atoms with Gasteiger partial charge in [0.1, 0.15) is 5.82 Å². The van der Waals surface area contributed by atoms with Crippen LogP contribution in [0.2, 0.25) is 0 Å². The Hall–Kier alpha value is -1.79. The van der Waals surface area contributed by atoms with E-state index in [0.29, 0.717) is 12.4 Å². The van der Waals surface area contributed by atoms with Gasteiger partial charge in [0.05, 0.1) is 12.0 Å². The first-order valence-corrected chi connectivity index (χ1v) is 5.34. The summed E-state index contributed by atoms with van der Waals surface area (Å²) in [5, 5.41) is 8.56. The van der Waals surface area contributed by atoms with E-state index in [4.69, 9.17) is 5.11 Å². The molecule has 0 amide bonds. The third-order valence-corrected chi connectivity index (χ3v) is 2.38. The van der Waals surface area contributed by atoms with Crippen molar-refractivity contribution in [2.24, 2.45) is 0 Å². The van der Waals surface area contributed by atoms with E-state index in [-0.39, 0.29) is 13.0 Å². The highest BCUT2D eigenvalue weighted by molar-refractivity contribution is 5.67. The van der Waals surface area contributed by atoms with Gasteiger partial charge in [-0.25, -0.2) is 4.98 Å². The summed E-state index contributed by atoms with van der Waals surface area (Å²) in [6.45, 7) is 2.47. The predicted octanol–water partition coefficient (Wildman–Crippen LogP) is 2.40. The summed E-state index contributed by atoms with van der Waals surface area (Å²) in [5.41, 5.74) is -0.819. The van der Waals surface area contributed by atoms with Gasteiger partial charge in [-0.2, -0.15) is 13.2 Å². The molecule has 0 saturated heterocycles. The van der Waals surface area contributed by atoms with Gasteiger partial charge in [-0.05, 0) is 19.1 Å². The van der Waals surface area contributed by atoms with Gasteiger partial charge in [0.15, 0.2) is 0 Å². The Kier molecular flexibility index (Phi) is 4.52. The largest absolute Gasteiger partial charge is 0.481 e. The van der Waals surface area contributed by atoms with Crippen molar-refractivity contribution in [1.82, 2.24) is 4.98 Å². The van der Waals surface area contributed by atoms with E-state index in [9.17, 15) is 18.0 Å². The minimum absolute atomic E-state index is 0.0868. The Morgan fingerprint density at radius 3 is 2.50 bits per heavy atom. The van der Waals surface area contributed by atoms with Crippen LogP contribution in [0.4, 0.5) is 19.0 Å². The van der Waals surface area contributed by atoms with Crippen LogP contribution < -0.4 is 4.90 Å². The number of carboxylic acid groups (broad SMARTS) is 1. The molecule has 0 aliphatic heterocycles. The zero-order chi connectivity index (χ0) is 13.8. The highest BCUT2D eigenvalue weighted by atomic mass is 19.4. The molecule has 0 spiro atoms. The van der Waals surface area contributed by atoms with E-state index < -0.39 is 17.7 Å². The summed E-state index contributed by atoms with van der Waals surface area (Å²) >= 11 is 0. The van der Waals surface area contributed by atoms with Crippen LogP contribution in [0, 0.1) is 0 Å². The lowest BCUT2D eigenvalue weighted by molar-refractivity contribution is -0.138. The maximum Gasteiger partial charge on any atom is 0.417 e. The minimum Gasteiger partial charge on any atom is -0.481 e. The maximum absolute atomic E-state index is 12.3. The van der Waals surface area contributed by atoms with Crippen LogP contribution in [0.25, 0.3) is 0 Å². The third-order valence-electron chi connectivity index (χ3n) is 2.38. The second kappa shape index (κ2) is 5.70. The molecule has 0 fully saturated rings. The summed E-state index contributed by atoms with van der Waals surface area (Å²) in [6, 6.07) is 2.18. The molecule has 1 rings (SSSR count). The van der Waals surface area contributed by atoms with Gasteiger partial charge in [0.2, 0.25) is 0 Å². The fourth-order valence-corrected chi connectivity index (χ4v) is 1.41. The fourth-order valence-electron chi connectivity index (χ4n) is 1.41. The van der Waals surface area contributed by atoms with E-state index >= 15 is 0 Å². The molecule has 1 aromatic rings. The lowest BCUT2D eigenvalue weighted by Crippen LogP contribution is -2.26. The van der Waals surface area contributed by atoms with Gasteiger partial charge in [-0.3, -0.25) is 4.79 Å². The first-order chi connectivity index (χ1) is 8.34. The molecule has 100 valence electrons. The molecular formula is C11H13F3N2O2. The van der Waals surface area contributed by atoms with Crippen molar-refractivity contribution in [3.05, 3.63) is 23.9 Å². The average molecular weight is 262 g/mol. The summed E-state index contributed by atoms with van der Waals surface area (Å²) < 4.78 is 37.0. The number of aromatic nitrogens is 1. The molecule has 0 aliphatic rings. The quantitative estimate of drug-likeness (QED) is 0.885. The van der Waals surface area contributed by atoms with Gasteiger partial charge in [-0.15, -0.1) is 0 Å². The molecule has 0 bridgehead atoms. The van der Waals surface area contributed by atoms with Crippen molar-refractivity contribution in [3.63, 3.8) is 0 Å². The van der Waals surface area contributed by atoms with E-state index in [1.807, 2.05) is 0 Å². The second-order valence-electron chi connectivity index (χ2n) is 3.63. The first-order valence-electron chi connectivity index (χ1n) is 5.34. The number of nitrogens with zero attached hydrogens (tertiary/aromatic N) is 2. The Labute approximate surface area is 102 Å². The molecule has 1 heterocycles. The van der Waals surface area contributed by atoms with E-state index in [1.165, 1.54) is 6.07 Å². The summed E-state index contributed by atoms with van der Waals surface area (Å²) in [4.78, 5) is 15.8. The molecular weight excluding hydrogens is 249 g/mol. The Balaban J connectivity index is 2.79. The lowest BCUT2D eigenvalue weighted by atomic mass is 10.2. The van der Waals surface area contributed by atoms with Gasteiger partial charge >= 0.3 is 12.1 Å². The van der Waals surface area contributed by atoms with E-state index in [2.05, 4.69) is 4.98 Å². The number of carboxylic acids is 1. The second-order valence-corrected chi connectivity index (χ2v) is 3.63. The zero-order valence-corrected chi connectivity index (χ0v) is 9.74. The zero-order valence-electron chi connectivity index (χ0n) is 9.74. The van der Waals surface area contributed by atoms with E-state index in [1.54, 1.807) is 11.8 Å². The average Bonchev–Trinajstić information content (AvgIpc) is 2.29. The standard InChI is InChI=1S/C11H13F3N2O2/c1-2-16(6-5-10(17)18)9-4-3-8(7-15-9)11(12,13)14/h3-4,7H,2,5-6H2,1H3,(H,17,18). The van der Waals surface area contributed by atoms with Crippen molar-refractivity contribution in [1.29, 1.82) is 0 Å². The minimum atomic E-state index is -4.41. The van der Waals surface area contributed by atoms with Crippen LogP contribution in [0.3, 0.4) is 0 Å². The van der Waals surface area contributed by atoms with Crippen LogP contribution in [0.5, 0.6) is 0 Å². The SMILES string of the molecule is CCN(CCC(=O)O)c1ccc(C(F)(F)F)cn1. The highest BCUT2D eigenvalue weighted by Crippen LogP contribution is 2.29. The molecule has 0 radical (unpaired) electrons. The summed E-state index contributed by atoms with van der Waals surface area (Å²) in [5.74, 6) is -0.618. The number of hydrogen-bond donors (Lipinski definition) is 1. The topological polar surface area (TPSA) is 53.4 Å². The number of carbonyl (C=O) groups is 1. The van der Waals surface area contributed by atoms with Crippen molar-refractivity contribution in [2.75, 3.05) is 18.0 Å². The third kappa shape index (κ3) is 3.90. The first kappa shape index (κ1) is 14.3. The van der Waals surface area contributed by atoms with Crippen LogP contribution in [0.15, 0.2) is 18.3 Å². The number of halogens is 3. The fraction of sp³-hybridized carbons (Fsp3) is 0.455. The Morgan fingerprint density at radius 1 is 1.44 bits per heavy atom. The normalized spacial score (nSPS) is 11.3. The number of aliphatic carboxylic acids is 1. The molecule has 7 heteroatoms. The van der Waals surface area contributed by atoms with Crippen LogP contribution >= 0.6 is 0 Å². The monoisotopic (exact) mass is 262 g/mol. The Bertz CT molecular complexity index is 404. The summed E-state index contributed by atoms with van der Waals surface area (Å²) in [6.07, 6.45) is -3.75. The molecule has 0 unspecified atom stereocenters. The molecule has 0 saturated carbocycles. The van der Waals surface area contributed by atoms with Gasteiger partial charge in [0.25, 0.3) is 0 Å². The number of alkyl halides is 3. The van der Waals surface area contributed by atoms with Crippen molar-refractivity contribution in [3.8, 4) is 0 Å².